The molecule has 0 aliphatic carbocycles. The van der Waals surface area contributed by atoms with E-state index in [4.69, 9.17) is 11.6 Å². The molecule has 0 aliphatic heterocycles. The molecule has 1 N–H and O–H groups in total. The molecule has 0 spiro atoms. The molecular formula is C31H38ClN3O4S. The predicted octanol–water partition coefficient (Wildman–Crippen LogP) is 5.65. The second kappa shape index (κ2) is 13.3. The minimum atomic E-state index is -4.15. The number of nitrogens with zero attached hydrogens (tertiary/aromatic N) is 2. The van der Waals surface area contributed by atoms with Gasteiger partial charge in [0.2, 0.25) is 11.8 Å². The van der Waals surface area contributed by atoms with Gasteiger partial charge in [-0.05, 0) is 86.7 Å². The molecule has 3 aromatic rings. The highest BCUT2D eigenvalue weighted by Crippen LogP contribution is 2.27. The Morgan fingerprint density at radius 1 is 0.900 bits per heavy atom. The molecule has 0 saturated heterocycles. The number of amides is 2. The number of sulfonamides is 1. The van der Waals surface area contributed by atoms with Crippen molar-refractivity contribution in [2.75, 3.05) is 17.4 Å². The van der Waals surface area contributed by atoms with Gasteiger partial charge in [0.05, 0.1) is 10.6 Å². The van der Waals surface area contributed by atoms with E-state index < -0.39 is 28.5 Å². The first-order valence-electron chi connectivity index (χ1n) is 13.3. The molecule has 7 nitrogen and oxygen atoms in total. The zero-order valence-electron chi connectivity index (χ0n) is 23.9. The smallest absolute Gasteiger partial charge is 0.264 e. The van der Waals surface area contributed by atoms with Crippen LogP contribution in [0, 0.1) is 26.7 Å². The topological polar surface area (TPSA) is 86.8 Å². The number of carbonyl (C=O) groups excluding carboxylic acids is 2. The minimum absolute atomic E-state index is 0.0101. The monoisotopic (exact) mass is 583 g/mol. The fourth-order valence-corrected chi connectivity index (χ4v) is 5.72. The zero-order valence-corrected chi connectivity index (χ0v) is 25.5. The maximum absolute atomic E-state index is 14.0. The summed E-state index contributed by atoms with van der Waals surface area (Å²) >= 11 is 6.01. The molecule has 1 atom stereocenters. The quantitative estimate of drug-likeness (QED) is 0.316. The van der Waals surface area contributed by atoms with Gasteiger partial charge in [0, 0.05) is 18.1 Å². The van der Waals surface area contributed by atoms with Gasteiger partial charge in [-0.3, -0.25) is 13.9 Å². The Bertz CT molecular complexity index is 1460. The first-order valence-corrected chi connectivity index (χ1v) is 15.1. The molecule has 40 heavy (non-hydrogen) atoms. The molecule has 0 heterocycles. The van der Waals surface area contributed by atoms with Crippen LogP contribution in [0.5, 0.6) is 0 Å². The van der Waals surface area contributed by atoms with Crippen LogP contribution in [-0.4, -0.2) is 44.3 Å². The van der Waals surface area contributed by atoms with Gasteiger partial charge in [0.15, 0.2) is 0 Å². The fraction of sp³-hybridized carbons (Fsp3) is 0.355. The van der Waals surface area contributed by atoms with Crippen molar-refractivity contribution in [1.82, 2.24) is 10.2 Å². The van der Waals surface area contributed by atoms with Crippen LogP contribution in [0.1, 0.15) is 43.0 Å². The molecule has 0 fully saturated rings. The molecule has 0 aromatic heterocycles. The molecule has 0 unspecified atom stereocenters. The number of rotatable bonds is 11. The average molecular weight is 584 g/mol. The average Bonchev–Trinajstić information content (AvgIpc) is 2.90. The van der Waals surface area contributed by atoms with Crippen LogP contribution in [0.25, 0.3) is 0 Å². The number of hydrogen-bond acceptors (Lipinski definition) is 4. The lowest BCUT2D eigenvalue weighted by atomic mass is 10.1. The Hall–Kier alpha value is -3.36. The second-order valence-electron chi connectivity index (χ2n) is 10.6. The number of aryl methyl sites for hydroxylation is 3. The first-order chi connectivity index (χ1) is 18.8. The normalized spacial score (nSPS) is 12.2. The van der Waals surface area contributed by atoms with E-state index in [0.29, 0.717) is 17.3 Å². The lowest BCUT2D eigenvalue weighted by molar-refractivity contribution is -0.139. The van der Waals surface area contributed by atoms with Crippen molar-refractivity contribution in [3.05, 3.63) is 94.0 Å². The van der Waals surface area contributed by atoms with Crippen LogP contribution < -0.4 is 9.62 Å². The Morgan fingerprint density at radius 2 is 1.57 bits per heavy atom. The van der Waals surface area contributed by atoms with Crippen LogP contribution in [0.4, 0.5) is 5.69 Å². The van der Waals surface area contributed by atoms with Crippen LogP contribution >= 0.6 is 11.6 Å². The Balaban J connectivity index is 2.04. The molecule has 0 aliphatic rings. The third-order valence-corrected chi connectivity index (χ3v) is 8.79. The summed E-state index contributed by atoms with van der Waals surface area (Å²) in [6, 6.07) is 18.0. The van der Waals surface area contributed by atoms with E-state index in [1.165, 1.54) is 29.2 Å². The van der Waals surface area contributed by atoms with E-state index in [0.717, 1.165) is 26.6 Å². The van der Waals surface area contributed by atoms with E-state index in [1.807, 2.05) is 65.0 Å². The summed E-state index contributed by atoms with van der Waals surface area (Å²) in [5.74, 6) is -0.556. The van der Waals surface area contributed by atoms with Crippen molar-refractivity contribution in [1.29, 1.82) is 0 Å². The van der Waals surface area contributed by atoms with Crippen molar-refractivity contribution in [2.45, 2.75) is 59.0 Å². The molecule has 2 amide bonds. The van der Waals surface area contributed by atoms with Crippen molar-refractivity contribution in [2.24, 2.45) is 5.92 Å². The molecular weight excluding hydrogens is 546 g/mol. The summed E-state index contributed by atoms with van der Waals surface area (Å²) in [4.78, 5) is 28.5. The largest absolute Gasteiger partial charge is 0.354 e. The predicted molar refractivity (Wildman–Crippen MR) is 161 cm³/mol. The van der Waals surface area contributed by atoms with Gasteiger partial charge in [0.25, 0.3) is 10.0 Å². The maximum Gasteiger partial charge on any atom is 0.264 e. The van der Waals surface area contributed by atoms with Crippen molar-refractivity contribution in [3.8, 4) is 0 Å². The van der Waals surface area contributed by atoms with E-state index in [9.17, 15) is 18.0 Å². The number of hydrogen-bond donors (Lipinski definition) is 1. The standard InChI is InChI=1S/C31H38ClN3O4S/c1-21(2)18-33-31(37)25(6)34(19-26-9-7-8-22(3)16-26)30(36)20-35(28-13-10-23(4)24(5)17-28)40(38,39)29-14-11-27(32)12-15-29/h7-17,21,25H,18-20H2,1-6H3,(H,33,37)/t25-/m0/s1. The zero-order chi connectivity index (χ0) is 29.6. The van der Waals surface area contributed by atoms with Gasteiger partial charge >= 0.3 is 0 Å². The highest BCUT2D eigenvalue weighted by Gasteiger charge is 2.32. The minimum Gasteiger partial charge on any atom is -0.354 e. The molecule has 9 heteroatoms. The van der Waals surface area contributed by atoms with E-state index in [2.05, 4.69) is 5.32 Å². The summed E-state index contributed by atoms with van der Waals surface area (Å²) in [6.07, 6.45) is 0. The van der Waals surface area contributed by atoms with Crippen LogP contribution in [-0.2, 0) is 26.2 Å². The van der Waals surface area contributed by atoms with Crippen molar-refractivity contribution in [3.63, 3.8) is 0 Å². The highest BCUT2D eigenvalue weighted by molar-refractivity contribution is 7.92. The summed E-state index contributed by atoms with van der Waals surface area (Å²) in [7, 11) is -4.15. The summed E-state index contributed by atoms with van der Waals surface area (Å²) < 4.78 is 28.9. The summed E-state index contributed by atoms with van der Waals surface area (Å²) in [5, 5.41) is 3.30. The molecule has 0 bridgehead atoms. The van der Waals surface area contributed by atoms with Crippen molar-refractivity contribution >= 4 is 39.1 Å². The van der Waals surface area contributed by atoms with E-state index in [-0.39, 0.29) is 23.3 Å². The van der Waals surface area contributed by atoms with Gasteiger partial charge in [-0.15, -0.1) is 0 Å². The third-order valence-electron chi connectivity index (χ3n) is 6.75. The van der Waals surface area contributed by atoms with Gasteiger partial charge in [-0.1, -0.05) is 61.3 Å². The second-order valence-corrected chi connectivity index (χ2v) is 12.9. The van der Waals surface area contributed by atoms with Gasteiger partial charge < -0.3 is 10.2 Å². The fourth-order valence-electron chi connectivity index (χ4n) is 4.19. The molecule has 0 saturated carbocycles. The molecule has 3 aromatic carbocycles. The van der Waals surface area contributed by atoms with Crippen LogP contribution in [0.15, 0.2) is 71.6 Å². The first kappa shape index (κ1) is 31.2. The van der Waals surface area contributed by atoms with E-state index >= 15 is 0 Å². The van der Waals surface area contributed by atoms with Gasteiger partial charge in [0.1, 0.15) is 12.6 Å². The number of anilines is 1. The SMILES string of the molecule is Cc1cccc(CN(C(=O)CN(c2ccc(C)c(C)c2)S(=O)(=O)c2ccc(Cl)cc2)[C@@H](C)C(=O)NCC(C)C)c1. The third kappa shape index (κ3) is 7.86. The lowest BCUT2D eigenvalue weighted by Crippen LogP contribution is -2.51. The summed E-state index contributed by atoms with van der Waals surface area (Å²) in [5.41, 5.74) is 4.10. The van der Waals surface area contributed by atoms with Gasteiger partial charge in [-0.25, -0.2) is 8.42 Å². The Labute approximate surface area is 243 Å². The Morgan fingerprint density at radius 3 is 2.17 bits per heavy atom. The van der Waals surface area contributed by atoms with Gasteiger partial charge in [-0.2, -0.15) is 0 Å². The molecule has 3 rings (SSSR count). The van der Waals surface area contributed by atoms with Crippen LogP contribution in [0.3, 0.4) is 0 Å². The molecule has 0 radical (unpaired) electrons. The highest BCUT2D eigenvalue weighted by atomic mass is 35.5. The molecule has 214 valence electrons. The number of benzene rings is 3. The number of nitrogens with one attached hydrogen (secondary N) is 1. The lowest BCUT2D eigenvalue weighted by Gasteiger charge is -2.32. The van der Waals surface area contributed by atoms with Crippen LogP contribution in [0.2, 0.25) is 5.02 Å². The van der Waals surface area contributed by atoms with E-state index in [1.54, 1.807) is 19.1 Å². The Kier molecular flexibility index (Phi) is 10.4. The summed E-state index contributed by atoms with van der Waals surface area (Å²) in [6.45, 7) is 11.6. The number of halogens is 1. The maximum atomic E-state index is 14.0. The van der Waals surface area contributed by atoms with Crippen molar-refractivity contribution < 1.29 is 18.0 Å². The number of carbonyl (C=O) groups is 2.